The van der Waals surface area contributed by atoms with E-state index in [4.69, 9.17) is 4.74 Å². The highest BCUT2D eigenvalue weighted by Gasteiger charge is 2.56. The number of nitrogens with one attached hydrogen (secondary N) is 1. The molecular formula is C16H24N2O3. The molecule has 0 aromatic heterocycles. The molecule has 21 heavy (non-hydrogen) atoms. The molecule has 1 heterocycles. The molecule has 2 fully saturated rings. The van der Waals surface area contributed by atoms with E-state index in [0.29, 0.717) is 5.92 Å². The van der Waals surface area contributed by atoms with Crippen molar-refractivity contribution in [1.29, 1.82) is 0 Å². The van der Waals surface area contributed by atoms with E-state index < -0.39 is 11.7 Å². The van der Waals surface area contributed by atoms with Gasteiger partial charge in [-0.2, -0.15) is 0 Å². The summed E-state index contributed by atoms with van der Waals surface area (Å²) in [5.41, 5.74) is -0.510. The second kappa shape index (κ2) is 5.97. The van der Waals surface area contributed by atoms with E-state index in [-0.39, 0.29) is 18.0 Å². The largest absolute Gasteiger partial charge is 0.444 e. The maximum atomic E-state index is 12.1. The van der Waals surface area contributed by atoms with Gasteiger partial charge in [-0.25, -0.2) is 4.79 Å². The summed E-state index contributed by atoms with van der Waals surface area (Å²) in [6.07, 6.45) is 2.71. The first kappa shape index (κ1) is 15.7. The zero-order chi connectivity index (χ0) is 15.6. The van der Waals surface area contributed by atoms with Crippen molar-refractivity contribution < 1.29 is 14.3 Å². The van der Waals surface area contributed by atoms with Crippen LogP contribution in [0.2, 0.25) is 0 Å². The number of amides is 2. The van der Waals surface area contributed by atoms with E-state index in [2.05, 4.69) is 17.2 Å². The van der Waals surface area contributed by atoms with Gasteiger partial charge < -0.3 is 15.0 Å². The Morgan fingerprint density at radius 2 is 2.00 bits per heavy atom. The molecule has 1 aliphatic heterocycles. The molecule has 1 N–H and O–H groups in total. The third-order valence-corrected chi connectivity index (χ3v) is 3.85. The maximum Gasteiger partial charge on any atom is 0.407 e. The molecule has 1 saturated carbocycles. The Hall–Kier alpha value is -1.70. The van der Waals surface area contributed by atoms with Gasteiger partial charge in [0, 0.05) is 12.5 Å². The number of ether oxygens (including phenoxy) is 1. The van der Waals surface area contributed by atoms with Crippen molar-refractivity contribution in [3.05, 3.63) is 0 Å². The Morgan fingerprint density at radius 1 is 1.29 bits per heavy atom. The molecule has 2 rings (SSSR count). The number of hydrogen-bond donors (Lipinski definition) is 1. The number of carbonyl (C=O) groups is 2. The van der Waals surface area contributed by atoms with Crippen molar-refractivity contribution in [3.63, 3.8) is 0 Å². The van der Waals surface area contributed by atoms with Crippen LogP contribution in [0, 0.1) is 17.8 Å². The summed E-state index contributed by atoms with van der Waals surface area (Å²) in [6.45, 7) is 7.90. The highest BCUT2D eigenvalue weighted by molar-refractivity contribution is 5.94. The van der Waals surface area contributed by atoms with Crippen molar-refractivity contribution >= 4 is 12.0 Å². The molecule has 0 aromatic rings. The van der Waals surface area contributed by atoms with Crippen LogP contribution in [0.4, 0.5) is 4.79 Å². The first-order chi connectivity index (χ1) is 9.83. The van der Waals surface area contributed by atoms with Gasteiger partial charge in [0.15, 0.2) is 0 Å². The second-order valence-corrected chi connectivity index (χ2v) is 6.70. The van der Waals surface area contributed by atoms with Crippen molar-refractivity contribution in [2.75, 3.05) is 6.54 Å². The predicted octanol–water partition coefficient (Wildman–Crippen LogP) is 1.91. The Morgan fingerprint density at radius 3 is 2.62 bits per heavy atom. The van der Waals surface area contributed by atoms with E-state index in [1.165, 1.54) is 0 Å². The van der Waals surface area contributed by atoms with Crippen LogP contribution in [0.3, 0.4) is 0 Å². The van der Waals surface area contributed by atoms with Crippen molar-refractivity contribution in [1.82, 2.24) is 10.2 Å². The summed E-state index contributed by atoms with van der Waals surface area (Å²) in [6, 6.07) is 0.0797. The van der Waals surface area contributed by atoms with Gasteiger partial charge in [0.05, 0.1) is 12.1 Å². The summed E-state index contributed by atoms with van der Waals surface area (Å²) < 4.78 is 5.29. The van der Waals surface area contributed by atoms with Crippen LogP contribution in [-0.4, -0.2) is 41.1 Å². The normalized spacial score (nSPS) is 27.6. The van der Waals surface area contributed by atoms with Crippen LogP contribution in [0.5, 0.6) is 0 Å². The van der Waals surface area contributed by atoms with Crippen LogP contribution < -0.4 is 5.32 Å². The third kappa shape index (κ3) is 3.90. The van der Waals surface area contributed by atoms with Gasteiger partial charge in [-0.1, -0.05) is 12.3 Å². The zero-order valence-electron chi connectivity index (χ0n) is 13.2. The molecule has 1 saturated heterocycles. The van der Waals surface area contributed by atoms with Gasteiger partial charge in [-0.3, -0.25) is 4.79 Å². The van der Waals surface area contributed by atoms with Gasteiger partial charge in [0.1, 0.15) is 5.60 Å². The summed E-state index contributed by atoms with van der Waals surface area (Å²) >= 11 is 0. The van der Waals surface area contributed by atoms with Crippen LogP contribution in [0.25, 0.3) is 0 Å². The average molecular weight is 292 g/mol. The number of hydrogen-bond acceptors (Lipinski definition) is 3. The topological polar surface area (TPSA) is 58.6 Å². The number of rotatable bonds is 1. The first-order valence-electron chi connectivity index (χ1n) is 7.56. The molecule has 0 bridgehead atoms. The highest BCUT2D eigenvalue weighted by atomic mass is 16.6. The van der Waals surface area contributed by atoms with Crippen LogP contribution in [0.15, 0.2) is 0 Å². The van der Waals surface area contributed by atoms with Crippen LogP contribution in [-0.2, 0) is 9.53 Å². The summed E-state index contributed by atoms with van der Waals surface area (Å²) in [4.78, 5) is 25.7. The summed E-state index contributed by atoms with van der Waals surface area (Å²) in [7, 11) is 0. The fourth-order valence-electron chi connectivity index (χ4n) is 2.99. The van der Waals surface area contributed by atoms with Crippen LogP contribution in [0.1, 0.15) is 47.0 Å². The van der Waals surface area contributed by atoms with Gasteiger partial charge >= 0.3 is 6.09 Å². The Balaban J connectivity index is 1.98. The number of alkyl carbamates (subject to hydrolysis) is 1. The highest BCUT2D eigenvalue weighted by Crippen LogP contribution is 2.42. The third-order valence-electron chi connectivity index (χ3n) is 3.85. The number of carbonyl (C=O) groups excluding carboxylic acids is 2. The van der Waals surface area contributed by atoms with Crippen molar-refractivity contribution in [3.8, 4) is 11.8 Å². The minimum atomic E-state index is -0.510. The van der Waals surface area contributed by atoms with Gasteiger partial charge in [-0.15, -0.1) is 0 Å². The molecular weight excluding hydrogens is 268 g/mol. The quantitative estimate of drug-likeness (QED) is 0.751. The fraction of sp³-hybridized carbons (Fsp3) is 0.750. The lowest BCUT2D eigenvalue weighted by Gasteiger charge is -2.22. The molecule has 5 heteroatoms. The van der Waals surface area contributed by atoms with E-state index in [1.54, 1.807) is 6.92 Å². The first-order valence-corrected chi connectivity index (χ1v) is 7.56. The molecule has 0 spiro atoms. The van der Waals surface area contributed by atoms with Crippen LogP contribution >= 0.6 is 0 Å². The Bertz CT molecular complexity index is 484. The van der Waals surface area contributed by atoms with E-state index in [9.17, 15) is 9.59 Å². The molecule has 116 valence electrons. The van der Waals surface area contributed by atoms with Crippen molar-refractivity contribution in [2.45, 2.75) is 64.6 Å². The van der Waals surface area contributed by atoms with E-state index in [0.717, 1.165) is 25.8 Å². The zero-order valence-corrected chi connectivity index (χ0v) is 13.2. The smallest absolute Gasteiger partial charge is 0.407 e. The lowest BCUT2D eigenvalue weighted by atomic mass is 10.2. The average Bonchev–Trinajstić information content (AvgIpc) is 3.03. The standard InChI is InChI=1S/C16H24N2O3/c1-5-8-12(19)18-10-7-6-9-11-13(14(11)18)17-15(20)21-16(2,3)4/h11,13-14H,6-7,9-10H2,1-4H3,(H,17,20). The molecule has 2 aliphatic rings. The molecule has 0 aromatic carbocycles. The number of nitrogens with zero attached hydrogens (tertiary/aromatic N) is 1. The fourth-order valence-corrected chi connectivity index (χ4v) is 2.99. The lowest BCUT2D eigenvalue weighted by molar-refractivity contribution is -0.125. The van der Waals surface area contributed by atoms with Gasteiger partial charge in [0.25, 0.3) is 5.91 Å². The van der Waals surface area contributed by atoms with Gasteiger partial charge in [0.2, 0.25) is 0 Å². The molecule has 1 aliphatic carbocycles. The predicted molar refractivity (Wildman–Crippen MR) is 79.4 cm³/mol. The minimum absolute atomic E-state index is 0.00255. The number of fused-ring (bicyclic) bond motifs is 1. The number of likely N-dealkylation sites (tertiary alicyclic amines) is 1. The molecule has 2 amide bonds. The monoisotopic (exact) mass is 292 g/mol. The minimum Gasteiger partial charge on any atom is -0.444 e. The molecule has 0 radical (unpaired) electrons. The SMILES string of the molecule is CC#CC(=O)N1CCCCC2C(NC(=O)OC(C)(C)C)C21. The Labute approximate surface area is 126 Å². The van der Waals surface area contributed by atoms with Gasteiger partial charge in [-0.05, 0) is 46.5 Å². The second-order valence-electron chi connectivity index (χ2n) is 6.70. The lowest BCUT2D eigenvalue weighted by Crippen LogP contribution is -2.40. The van der Waals surface area contributed by atoms with Crippen molar-refractivity contribution in [2.24, 2.45) is 5.92 Å². The summed E-state index contributed by atoms with van der Waals surface area (Å²) in [5.74, 6) is 5.46. The molecule has 5 nitrogen and oxygen atoms in total. The maximum absolute atomic E-state index is 12.1. The molecule has 3 unspecified atom stereocenters. The molecule has 3 atom stereocenters. The summed E-state index contributed by atoms with van der Waals surface area (Å²) in [5, 5.41) is 2.90. The van der Waals surface area contributed by atoms with E-state index in [1.807, 2.05) is 25.7 Å². The Kier molecular flexibility index (Phi) is 4.46. The van der Waals surface area contributed by atoms with E-state index >= 15 is 0 Å².